The Bertz CT molecular complexity index is 1130. The quantitative estimate of drug-likeness (QED) is 0.499. The lowest BCUT2D eigenvalue weighted by Gasteiger charge is -2.24. The van der Waals surface area contributed by atoms with Crippen LogP contribution in [0.4, 0.5) is 43.8 Å². The molecule has 170 valence electrons. The van der Waals surface area contributed by atoms with Crippen LogP contribution in [0.1, 0.15) is 37.6 Å². The van der Waals surface area contributed by atoms with Gasteiger partial charge >= 0.3 is 12.4 Å². The Balaban J connectivity index is 2.14. The molecule has 3 aromatic rings. The first-order chi connectivity index (χ1) is 14.7. The molecule has 3 heterocycles. The molecule has 0 aliphatic rings. The highest BCUT2D eigenvalue weighted by molar-refractivity contribution is 5.68. The third kappa shape index (κ3) is 5.06. The summed E-state index contributed by atoms with van der Waals surface area (Å²) in [7, 11) is 0. The van der Waals surface area contributed by atoms with Crippen LogP contribution < -0.4 is 11.1 Å². The van der Waals surface area contributed by atoms with E-state index in [9.17, 15) is 26.3 Å². The first kappa shape index (κ1) is 23.2. The van der Waals surface area contributed by atoms with Crippen LogP contribution in [0, 0.1) is 0 Å². The van der Waals surface area contributed by atoms with E-state index >= 15 is 0 Å². The summed E-state index contributed by atoms with van der Waals surface area (Å²) >= 11 is 0. The third-order valence-corrected chi connectivity index (χ3v) is 4.29. The normalized spacial score (nSPS) is 12.7. The number of alkyl halides is 6. The van der Waals surface area contributed by atoms with Gasteiger partial charge in [-0.1, -0.05) is 26.8 Å². The Morgan fingerprint density at radius 1 is 0.875 bits per heavy atom. The van der Waals surface area contributed by atoms with E-state index in [1.807, 2.05) is 0 Å². The molecule has 0 atom stereocenters. The van der Waals surface area contributed by atoms with E-state index in [0.717, 1.165) is 30.5 Å². The van der Waals surface area contributed by atoms with Crippen molar-refractivity contribution < 1.29 is 26.3 Å². The molecule has 6 nitrogen and oxygen atoms in total. The second-order valence-corrected chi connectivity index (χ2v) is 7.86. The number of aromatic nitrogens is 4. The first-order valence-corrected chi connectivity index (χ1v) is 9.19. The highest BCUT2D eigenvalue weighted by Crippen LogP contribution is 2.37. The Morgan fingerprint density at radius 2 is 1.56 bits per heavy atom. The van der Waals surface area contributed by atoms with E-state index in [2.05, 4.69) is 25.3 Å². The number of rotatable bonds is 3. The molecule has 3 aromatic heterocycles. The van der Waals surface area contributed by atoms with Crippen LogP contribution in [-0.2, 0) is 17.8 Å². The fraction of sp³-hybridized carbons (Fsp3) is 0.300. The van der Waals surface area contributed by atoms with Gasteiger partial charge in [0, 0.05) is 11.8 Å². The summed E-state index contributed by atoms with van der Waals surface area (Å²) in [4.78, 5) is 15.7. The standard InChI is InChI=1S/C20H18F6N6/c1-18(2,3)14-15(27)31-16(11-5-4-6-12(29-11)20(24,25)26)32-17(14)30-13-9-10(7-8-28-13)19(21,22)23/h4-9H,1-3H3,(H3,27,28,30,31,32). The molecule has 0 unspecified atom stereocenters. The lowest BCUT2D eigenvalue weighted by Crippen LogP contribution is -2.20. The second kappa shape index (κ2) is 7.92. The van der Waals surface area contributed by atoms with Gasteiger partial charge in [-0.3, -0.25) is 0 Å². The Hall–Kier alpha value is -3.44. The van der Waals surface area contributed by atoms with Crippen LogP contribution in [0.3, 0.4) is 0 Å². The lowest BCUT2D eigenvalue weighted by atomic mass is 9.87. The predicted octanol–water partition coefficient (Wildman–Crippen LogP) is 5.59. The fourth-order valence-corrected chi connectivity index (χ4v) is 2.94. The van der Waals surface area contributed by atoms with Crippen molar-refractivity contribution in [2.45, 2.75) is 38.5 Å². The van der Waals surface area contributed by atoms with Crippen molar-refractivity contribution in [3.05, 3.63) is 53.3 Å². The number of anilines is 3. The number of hydrogen-bond acceptors (Lipinski definition) is 6. The van der Waals surface area contributed by atoms with E-state index in [1.165, 1.54) is 6.07 Å². The van der Waals surface area contributed by atoms with Gasteiger partial charge in [-0.25, -0.2) is 19.9 Å². The fourth-order valence-electron chi connectivity index (χ4n) is 2.94. The van der Waals surface area contributed by atoms with Crippen molar-refractivity contribution >= 4 is 17.5 Å². The van der Waals surface area contributed by atoms with Gasteiger partial charge in [0.1, 0.15) is 28.8 Å². The minimum absolute atomic E-state index is 0.00559. The molecule has 0 bridgehead atoms. The van der Waals surface area contributed by atoms with Crippen LogP contribution in [0.15, 0.2) is 36.5 Å². The Kier molecular flexibility index (Phi) is 5.75. The van der Waals surface area contributed by atoms with Crippen LogP contribution in [0.2, 0.25) is 0 Å². The van der Waals surface area contributed by atoms with Crippen molar-refractivity contribution in [3.63, 3.8) is 0 Å². The lowest BCUT2D eigenvalue weighted by molar-refractivity contribution is -0.141. The topological polar surface area (TPSA) is 89.6 Å². The zero-order valence-corrected chi connectivity index (χ0v) is 17.1. The summed E-state index contributed by atoms with van der Waals surface area (Å²) in [6.45, 7) is 5.32. The molecule has 0 saturated carbocycles. The van der Waals surface area contributed by atoms with Crippen LogP contribution >= 0.6 is 0 Å². The van der Waals surface area contributed by atoms with Gasteiger partial charge in [-0.15, -0.1) is 0 Å². The SMILES string of the molecule is CC(C)(C)c1c(N)nc(-c2cccc(C(F)(F)F)n2)nc1Nc1cc(C(F)(F)F)ccn1. The van der Waals surface area contributed by atoms with Crippen LogP contribution in [0.5, 0.6) is 0 Å². The average molecular weight is 456 g/mol. The predicted molar refractivity (Wildman–Crippen MR) is 106 cm³/mol. The van der Waals surface area contributed by atoms with Gasteiger partial charge in [0.15, 0.2) is 5.82 Å². The number of nitrogen functional groups attached to an aromatic ring is 1. The summed E-state index contributed by atoms with van der Waals surface area (Å²) < 4.78 is 78.3. The van der Waals surface area contributed by atoms with Gasteiger partial charge in [0.05, 0.1) is 5.56 Å². The van der Waals surface area contributed by atoms with Crippen molar-refractivity contribution in [1.29, 1.82) is 0 Å². The number of hydrogen-bond donors (Lipinski definition) is 2. The number of nitrogens with two attached hydrogens (primary N) is 1. The maximum absolute atomic E-state index is 13.1. The van der Waals surface area contributed by atoms with E-state index < -0.39 is 29.0 Å². The molecule has 0 aromatic carbocycles. The molecule has 3 rings (SSSR count). The van der Waals surface area contributed by atoms with Gasteiger partial charge in [-0.2, -0.15) is 26.3 Å². The number of nitrogens with one attached hydrogen (secondary N) is 1. The summed E-state index contributed by atoms with van der Waals surface area (Å²) in [6.07, 6.45) is -8.30. The molecule has 0 aliphatic carbocycles. The van der Waals surface area contributed by atoms with Crippen molar-refractivity contribution in [2.24, 2.45) is 0 Å². The highest BCUT2D eigenvalue weighted by Gasteiger charge is 2.33. The Labute approximate surface area is 178 Å². The van der Waals surface area contributed by atoms with E-state index in [1.54, 1.807) is 20.8 Å². The molecule has 0 saturated heterocycles. The van der Waals surface area contributed by atoms with Crippen LogP contribution in [0.25, 0.3) is 11.5 Å². The summed E-state index contributed by atoms with van der Waals surface area (Å²) in [5.41, 5.74) is 3.49. The largest absolute Gasteiger partial charge is 0.433 e. The smallest absolute Gasteiger partial charge is 0.383 e. The number of nitrogens with zero attached hydrogens (tertiary/aromatic N) is 4. The van der Waals surface area contributed by atoms with Crippen molar-refractivity contribution in [1.82, 2.24) is 19.9 Å². The summed E-state index contributed by atoms with van der Waals surface area (Å²) in [6, 6.07) is 4.80. The molecule has 0 spiro atoms. The Morgan fingerprint density at radius 3 is 2.16 bits per heavy atom. The zero-order valence-electron chi connectivity index (χ0n) is 17.1. The minimum atomic E-state index is -4.68. The monoisotopic (exact) mass is 456 g/mol. The molecular formula is C20H18F6N6. The van der Waals surface area contributed by atoms with E-state index in [-0.39, 0.29) is 29.0 Å². The average Bonchev–Trinajstić information content (AvgIpc) is 2.65. The molecule has 0 fully saturated rings. The molecule has 12 heteroatoms. The molecule has 0 aliphatic heterocycles. The van der Waals surface area contributed by atoms with E-state index in [4.69, 9.17) is 5.73 Å². The minimum Gasteiger partial charge on any atom is -0.383 e. The summed E-state index contributed by atoms with van der Waals surface area (Å²) in [5, 5.41) is 2.70. The van der Waals surface area contributed by atoms with Crippen molar-refractivity contribution in [2.75, 3.05) is 11.1 Å². The molecular weight excluding hydrogens is 438 g/mol. The van der Waals surface area contributed by atoms with Gasteiger partial charge < -0.3 is 11.1 Å². The summed E-state index contributed by atoms with van der Waals surface area (Å²) in [5.74, 6) is -0.454. The molecule has 0 radical (unpaired) electrons. The van der Waals surface area contributed by atoms with Crippen LogP contribution in [-0.4, -0.2) is 19.9 Å². The van der Waals surface area contributed by atoms with E-state index in [0.29, 0.717) is 5.56 Å². The zero-order chi connectivity index (χ0) is 23.9. The maximum Gasteiger partial charge on any atom is 0.433 e. The molecule has 32 heavy (non-hydrogen) atoms. The van der Waals surface area contributed by atoms with Gasteiger partial charge in [0.2, 0.25) is 0 Å². The van der Waals surface area contributed by atoms with Crippen molar-refractivity contribution in [3.8, 4) is 11.5 Å². The second-order valence-electron chi connectivity index (χ2n) is 7.86. The van der Waals surface area contributed by atoms with Gasteiger partial charge in [0.25, 0.3) is 0 Å². The molecule has 0 amide bonds. The number of pyridine rings is 2. The van der Waals surface area contributed by atoms with Gasteiger partial charge in [-0.05, 0) is 29.7 Å². The first-order valence-electron chi connectivity index (χ1n) is 9.19. The number of halogens is 6. The highest BCUT2D eigenvalue weighted by atomic mass is 19.4. The maximum atomic E-state index is 13.1. The molecule has 3 N–H and O–H groups in total. The third-order valence-electron chi connectivity index (χ3n) is 4.29.